The van der Waals surface area contributed by atoms with Crippen molar-refractivity contribution >= 4 is 17.8 Å². The van der Waals surface area contributed by atoms with Crippen LogP contribution in [0.4, 0.5) is 4.79 Å². The topological polar surface area (TPSA) is 70.2 Å². The molecule has 0 spiro atoms. The van der Waals surface area contributed by atoms with Crippen LogP contribution in [0.5, 0.6) is 5.75 Å². The third-order valence-corrected chi connectivity index (χ3v) is 4.64. The van der Waals surface area contributed by atoms with E-state index in [1.165, 1.54) is 4.90 Å². The normalized spacial score (nSPS) is 20.9. The van der Waals surface area contributed by atoms with Crippen molar-refractivity contribution in [2.45, 2.75) is 12.3 Å². The van der Waals surface area contributed by atoms with Crippen LogP contribution in [0, 0.1) is 0 Å². The van der Waals surface area contributed by atoms with Gasteiger partial charge in [0.15, 0.2) is 0 Å². The predicted octanol–water partition coefficient (Wildman–Crippen LogP) is 0.905. The largest absolute Gasteiger partial charge is 0.496 e. The van der Waals surface area contributed by atoms with E-state index in [4.69, 9.17) is 4.74 Å². The number of carbonyl (C=O) groups is 3. The van der Waals surface area contributed by atoms with E-state index >= 15 is 0 Å². The van der Waals surface area contributed by atoms with Gasteiger partial charge in [-0.05, 0) is 18.1 Å². The highest BCUT2D eigenvalue weighted by molar-refractivity contribution is 6.04. The monoisotopic (exact) mass is 331 g/mol. The summed E-state index contributed by atoms with van der Waals surface area (Å²) in [7, 11) is 3.19. The van der Waals surface area contributed by atoms with Crippen LogP contribution in [0.25, 0.3) is 0 Å². The highest BCUT2D eigenvalue weighted by atomic mass is 16.5. The van der Waals surface area contributed by atoms with Gasteiger partial charge < -0.3 is 14.5 Å². The summed E-state index contributed by atoms with van der Waals surface area (Å²) in [6.45, 7) is 1.05. The van der Waals surface area contributed by atoms with Crippen molar-refractivity contribution in [3.63, 3.8) is 0 Å². The van der Waals surface area contributed by atoms with E-state index in [0.29, 0.717) is 13.1 Å². The fourth-order valence-electron chi connectivity index (χ4n) is 3.30. The summed E-state index contributed by atoms with van der Waals surface area (Å²) >= 11 is 0. The molecule has 0 N–H and O–H groups in total. The lowest BCUT2D eigenvalue weighted by atomic mass is 9.97. The van der Waals surface area contributed by atoms with Crippen LogP contribution in [-0.4, -0.2) is 72.9 Å². The molecule has 1 atom stereocenters. The Kier molecular flexibility index (Phi) is 4.42. The van der Waals surface area contributed by atoms with E-state index < -0.39 is 6.03 Å². The lowest BCUT2D eigenvalue weighted by molar-refractivity contribution is -0.135. The van der Waals surface area contributed by atoms with Gasteiger partial charge in [0.05, 0.1) is 7.11 Å². The van der Waals surface area contributed by atoms with Crippen molar-refractivity contribution in [3.05, 3.63) is 29.8 Å². The summed E-state index contributed by atoms with van der Waals surface area (Å²) in [6.07, 6.45) is 0.841. The highest BCUT2D eigenvalue weighted by Gasteiger charge is 2.37. The molecule has 0 bridgehead atoms. The Morgan fingerprint density at radius 2 is 2.04 bits per heavy atom. The number of likely N-dealkylation sites (N-methyl/N-ethyl adjacent to an activating group) is 1. The van der Waals surface area contributed by atoms with Crippen molar-refractivity contribution < 1.29 is 19.1 Å². The third-order valence-electron chi connectivity index (χ3n) is 4.64. The molecular weight excluding hydrogens is 310 g/mol. The molecule has 1 aromatic carbocycles. The number of hydrogen-bond acceptors (Lipinski definition) is 4. The number of carbonyl (C=O) groups excluding carboxylic acids is 3. The SMILES string of the molecule is COc1ccccc1C1CCN(C(=O)CN2C(=O)CN(C)C2=O)C1. The maximum Gasteiger partial charge on any atom is 0.327 e. The first-order chi connectivity index (χ1) is 11.5. The van der Waals surface area contributed by atoms with Crippen LogP contribution in [-0.2, 0) is 9.59 Å². The smallest absolute Gasteiger partial charge is 0.327 e. The van der Waals surface area contributed by atoms with Crippen LogP contribution >= 0.6 is 0 Å². The van der Waals surface area contributed by atoms with E-state index in [0.717, 1.165) is 22.6 Å². The summed E-state index contributed by atoms with van der Waals surface area (Å²) in [5.74, 6) is 0.516. The van der Waals surface area contributed by atoms with Crippen LogP contribution in [0.3, 0.4) is 0 Å². The second kappa shape index (κ2) is 6.51. The van der Waals surface area contributed by atoms with Gasteiger partial charge in [-0.3, -0.25) is 14.5 Å². The molecule has 7 heteroatoms. The number of hydrogen-bond donors (Lipinski definition) is 0. The van der Waals surface area contributed by atoms with Gasteiger partial charge >= 0.3 is 6.03 Å². The van der Waals surface area contributed by atoms with E-state index in [2.05, 4.69) is 0 Å². The van der Waals surface area contributed by atoms with E-state index in [-0.39, 0.29) is 30.8 Å². The van der Waals surface area contributed by atoms with E-state index in [1.54, 1.807) is 19.1 Å². The number of para-hydroxylation sites is 1. The number of benzene rings is 1. The van der Waals surface area contributed by atoms with Gasteiger partial charge in [0.25, 0.3) is 5.91 Å². The Bertz CT molecular complexity index is 676. The Labute approximate surface area is 140 Å². The molecule has 4 amide bonds. The molecule has 2 aliphatic heterocycles. The van der Waals surface area contributed by atoms with Gasteiger partial charge in [-0.1, -0.05) is 18.2 Å². The minimum absolute atomic E-state index is 0.0377. The lowest BCUT2D eigenvalue weighted by Gasteiger charge is -2.20. The number of rotatable bonds is 4. The minimum atomic E-state index is -0.408. The van der Waals surface area contributed by atoms with Crippen LogP contribution in [0.15, 0.2) is 24.3 Å². The second-order valence-electron chi connectivity index (χ2n) is 6.19. The van der Waals surface area contributed by atoms with Gasteiger partial charge in [0.1, 0.15) is 18.8 Å². The number of urea groups is 1. The van der Waals surface area contributed by atoms with Gasteiger partial charge in [-0.2, -0.15) is 0 Å². The van der Waals surface area contributed by atoms with Crippen molar-refractivity contribution in [1.82, 2.24) is 14.7 Å². The van der Waals surface area contributed by atoms with Gasteiger partial charge in [0.2, 0.25) is 5.91 Å². The van der Waals surface area contributed by atoms with Crippen molar-refractivity contribution in [2.75, 3.05) is 40.3 Å². The zero-order valence-corrected chi connectivity index (χ0v) is 13.9. The van der Waals surface area contributed by atoms with Crippen molar-refractivity contribution in [2.24, 2.45) is 0 Å². The number of methoxy groups -OCH3 is 1. The molecule has 2 fully saturated rings. The van der Waals surface area contributed by atoms with Gasteiger partial charge in [0, 0.05) is 26.1 Å². The Morgan fingerprint density at radius 3 is 2.71 bits per heavy atom. The van der Waals surface area contributed by atoms with Crippen LogP contribution < -0.4 is 4.74 Å². The molecule has 1 aromatic rings. The molecule has 128 valence electrons. The lowest BCUT2D eigenvalue weighted by Crippen LogP contribution is -2.42. The zero-order valence-electron chi connectivity index (χ0n) is 13.9. The quantitative estimate of drug-likeness (QED) is 0.769. The first-order valence-corrected chi connectivity index (χ1v) is 7.97. The van der Waals surface area contributed by atoms with Gasteiger partial charge in [-0.25, -0.2) is 4.79 Å². The molecular formula is C17H21N3O4. The molecule has 3 rings (SSSR count). The Balaban J connectivity index is 1.64. The zero-order chi connectivity index (χ0) is 17.3. The molecule has 24 heavy (non-hydrogen) atoms. The molecule has 0 saturated carbocycles. The minimum Gasteiger partial charge on any atom is -0.496 e. The summed E-state index contributed by atoms with van der Waals surface area (Å²) < 4.78 is 5.39. The maximum atomic E-state index is 12.5. The first kappa shape index (κ1) is 16.3. The molecule has 2 aliphatic rings. The maximum absolute atomic E-state index is 12.5. The van der Waals surface area contributed by atoms with Crippen LogP contribution in [0.2, 0.25) is 0 Å². The number of amides is 4. The number of nitrogens with zero attached hydrogens (tertiary/aromatic N) is 3. The average Bonchev–Trinajstić information content (AvgIpc) is 3.16. The first-order valence-electron chi connectivity index (χ1n) is 7.97. The molecule has 0 radical (unpaired) electrons. The summed E-state index contributed by atoms with van der Waals surface area (Å²) in [5, 5.41) is 0. The standard InChI is InChI=1S/C17H21N3O4/c1-18-10-16(22)20(17(18)23)11-15(21)19-8-7-12(9-19)13-5-3-4-6-14(13)24-2/h3-6,12H,7-11H2,1-2H3. The predicted molar refractivity (Wildman–Crippen MR) is 86.7 cm³/mol. The number of ether oxygens (including phenoxy) is 1. The molecule has 0 aliphatic carbocycles. The Morgan fingerprint density at radius 1 is 1.29 bits per heavy atom. The van der Waals surface area contributed by atoms with Gasteiger partial charge in [-0.15, -0.1) is 0 Å². The van der Waals surface area contributed by atoms with E-state index in [9.17, 15) is 14.4 Å². The summed E-state index contributed by atoms with van der Waals surface area (Å²) in [4.78, 5) is 40.2. The fraction of sp³-hybridized carbons (Fsp3) is 0.471. The molecule has 2 saturated heterocycles. The summed E-state index contributed by atoms with van der Waals surface area (Å²) in [6, 6.07) is 7.40. The third kappa shape index (κ3) is 2.93. The molecule has 7 nitrogen and oxygen atoms in total. The summed E-state index contributed by atoms with van der Waals surface area (Å²) in [5.41, 5.74) is 1.09. The fourth-order valence-corrected chi connectivity index (χ4v) is 3.30. The average molecular weight is 331 g/mol. The number of likely N-dealkylation sites (tertiary alicyclic amines) is 1. The Hall–Kier alpha value is -2.57. The highest BCUT2D eigenvalue weighted by Crippen LogP contribution is 2.33. The van der Waals surface area contributed by atoms with E-state index in [1.807, 2.05) is 24.3 Å². The van der Waals surface area contributed by atoms with Crippen molar-refractivity contribution in [1.29, 1.82) is 0 Å². The number of imide groups is 1. The molecule has 1 unspecified atom stereocenters. The van der Waals surface area contributed by atoms with Crippen LogP contribution in [0.1, 0.15) is 17.9 Å². The molecule has 2 heterocycles. The molecule has 0 aromatic heterocycles. The second-order valence-corrected chi connectivity index (χ2v) is 6.19. The van der Waals surface area contributed by atoms with Crippen molar-refractivity contribution in [3.8, 4) is 5.75 Å².